The third-order valence-electron chi connectivity index (χ3n) is 4.50. The number of hydrogen-bond donors (Lipinski definition) is 2. The smallest absolute Gasteiger partial charge is 0.330 e. The molecule has 10 heteroatoms. The minimum Gasteiger partial charge on any atom is -0.383 e. The van der Waals surface area contributed by atoms with Crippen molar-refractivity contribution in [3.05, 3.63) is 74.3 Å². The number of benzene rings is 1. The molecule has 0 aliphatic rings. The van der Waals surface area contributed by atoms with Crippen LogP contribution in [0, 0.1) is 6.92 Å². The number of amides is 1. The number of nitrogens with two attached hydrogens (primary N) is 1. The average Bonchev–Trinajstić information content (AvgIpc) is 3.12. The number of methoxy groups -OCH3 is 1. The molecule has 2 heterocycles. The molecule has 0 bridgehead atoms. The van der Waals surface area contributed by atoms with Crippen LogP contribution in [0.3, 0.4) is 0 Å². The van der Waals surface area contributed by atoms with E-state index in [0.717, 1.165) is 5.56 Å². The first-order chi connectivity index (χ1) is 14.4. The number of H-pyrrole nitrogens is 1. The Bertz CT molecular complexity index is 1130. The number of aryl methyl sites for hydroxylation is 1. The first kappa shape index (κ1) is 21.1. The van der Waals surface area contributed by atoms with Gasteiger partial charge in [0.1, 0.15) is 11.6 Å². The number of carbonyl (C=O) groups excluding carboxylic acids is 1. The van der Waals surface area contributed by atoms with Gasteiger partial charge >= 0.3 is 5.69 Å². The van der Waals surface area contributed by atoms with Gasteiger partial charge in [0.25, 0.3) is 5.56 Å². The van der Waals surface area contributed by atoms with Crippen LogP contribution in [0.4, 0.5) is 11.5 Å². The molecular formula is C20H23N5O5. The monoisotopic (exact) mass is 413 g/mol. The number of nitrogen functional groups attached to an aromatic ring is 1. The molecule has 0 saturated heterocycles. The second-order valence-electron chi connectivity index (χ2n) is 6.71. The fraction of sp³-hybridized carbons (Fsp3) is 0.300. The molecule has 3 rings (SSSR count). The van der Waals surface area contributed by atoms with Crippen LogP contribution in [0.5, 0.6) is 0 Å². The minimum atomic E-state index is -0.744. The zero-order chi connectivity index (χ0) is 21.7. The van der Waals surface area contributed by atoms with E-state index in [0.29, 0.717) is 11.5 Å². The summed E-state index contributed by atoms with van der Waals surface area (Å²) in [5, 5.41) is 3.84. The van der Waals surface area contributed by atoms with Crippen molar-refractivity contribution in [2.24, 2.45) is 0 Å². The lowest BCUT2D eigenvalue weighted by Gasteiger charge is -2.24. The summed E-state index contributed by atoms with van der Waals surface area (Å²) in [6.07, 6.45) is -0.0970. The van der Waals surface area contributed by atoms with Gasteiger partial charge in [0, 0.05) is 13.2 Å². The van der Waals surface area contributed by atoms with Gasteiger partial charge in [0.2, 0.25) is 5.91 Å². The lowest BCUT2D eigenvalue weighted by atomic mass is 10.1. The molecule has 30 heavy (non-hydrogen) atoms. The number of anilines is 2. The molecule has 1 aromatic carbocycles. The molecule has 3 N–H and O–H groups in total. The molecule has 1 amide bonds. The first-order valence-electron chi connectivity index (χ1n) is 9.28. The van der Waals surface area contributed by atoms with Crippen LogP contribution in [0.15, 0.2) is 50.5 Å². The lowest BCUT2D eigenvalue weighted by Crippen LogP contribution is -2.41. The minimum absolute atomic E-state index is 0.0896. The molecule has 0 atom stereocenters. The van der Waals surface area contributed by atoms with E-state index in [1.54, 1.807) is 13.0 Å². The zero-order valence-electron chi connectivity index (χ0n) is 16.8. The van der Waals surface area contributed by atoms with Gasteiger partial charge in [-0.1, -0.05) is 35.5 Å². The van der Waals surface area contributed by atoms with Gasteiger partial charge in [-0.05, 0) is 12.5 Å². The number of aromatic amines is 1. The number of ether oxygens (including phenoxy) is 1. The Kier molecular flexibility index (Phi) is 6.48. The first-order valence-corrected chi connectivity index (χ1v) is 9.28. The highest BCUT2D eigenvalue weighted by Gasteiger charge is 2.25. The number of hydrogen-bond acceptors (Lipinski definition) is 7. The third kappa shape index (κ3) is 4.66. The van der Waals surface area contributed by atoms with E-state index in [2.05, 4.69) is 10.1 Å². The largest absolute Gasteiger partial charge is 0.383 e. The van der Waals surface area contributed by atoms with Crippen molar-refractivity contribution in [3.8, 4) is 0 Å². The van der Waals surface area contributed by atoms with E-state index in [1.165, 1.54) is 16.6 Å². The summed E-state index contributed by atoms with van der Waals surface area (Å²) in [4.78, 5) is 41.5. The summed E-state index contributed by atoms with van der Waals surface area (Å²) in [6.45, 7) is 2.14. The van der Waals surface area contributed by atoms with Crippen LogP contribution in [0.1, 0.15) is 17.0 Å². The van der Waals surface area contributed by atoms with Crippen molar-refractivity contribution in [1.82, 2.24) is 14.7 Å². The van der Waals surface area contributed by atoms with Crippen LogP contribution in [0.2, 0.25) is 0 Å². The van der Waals surface area contributed by atoms with Crippen LogP contribution >= 0.6 is 0 Å². The molecule has 0 unspecified atom stereocenters. The molecular weight excluding hydrogens is 390 g/mol. The molecule has 3 aromatic rings. The van der Waals surface area contributed by atoms with Gasteiger partial charge in [-0.2, -0.15) is 0 Å². The maximum Gasteiger partial charge on any atom is 0.330 e. The normalized spacial score (nSPS) is 10.9. The molecule has 0 aliphatic carbocycles. The summed E-state index contributed by atoms with van der Waals surface area (Å²) in [5.74, 6) is 0.0422. The van der Waals surface area contributed by atoms with Gasteiger partial charge < -0.3 is 15.0 Å². The second-order valence-corrected chi connectivity index (χ2v) is 6.71. The van der Waals surface area contributed by atoms with E-state index >= 15 is 0 Å². The maximum atomic E-state index is 13.2. The van der Waals surface area contributed by atoms with Gasteiger partial charge in [-0.25, -0.2) is 4.79 Å². The standard InChI is InChI=1S/C20H23N5O5/c1-13-10-15(23-30-13)11-16(26)25(12-14-6-4-3-5-7-14)17-18(21)24(8-9-29-2)20(28)22-19(17)27/h3-7,10H,8-9,11-12,21H2,1-2H3,(H,22,27,28). The van der Waals surface area contributed by atoms with Crippen molar-refractivity contribution < 1.29 is 14.1 Å². The Balaban J connectivity index is 2.06. The van der Waals surface area contributed by atoms with Gasteiger partial charge in [0.05, 0.1) is 31.8 Å². The van der Waals surface area contributed by atoms with Crippen molar-refractivity contribution in [3.63, 3.8) is 0 Å². The average molecular weight is 413 g/mol. The van der Waals surface area contributed by atoms with Crippen LogP contribution in [0.25, 0.3) is 0 Å². The van der Waals surface area contributed by atoms with Crippen LogP contribution < -0.4 is 21.9 Å². The van der Waals surface area contributed by atoms with E-state index in [-0.39, 0.29) is 37.6 Å². The fourth-order valence-electron chi connectivity index (χ4n) is 3.05. The number of nitrogens with one attached hydrogen (secondary N) is 1. The molecule has 0 radical (unpaired) electrons. The van der Waals surface area contributed by atoms with E-state index in [1.807, 2.05) is 30.3 Å². The Morgan fingerprint density at radius 3 is 2.67 bits per heavy atom. The summed E-state index contributed by atoms with van der Waals surface area (Å²) < 4.78 is 11.2. The summed E-state index contributed by atoms with van der Waals surface area (Å²) in [7, 11) is 1.49. The molecule has 158 valence electrons. The molecule has 2 aromatic heterocycles. The van der Waals surface area contributed by atoms with E-state index in [9.17, 15) is 14.4 Å². The summed E-state index contributed by atoms with van der Waals surface area (Å²) >= 11 is 0. The molecule has 0 aliphatic heterocycles. The van der Waals surface area contributed by atoms with Crippen molar-refractivity contribution in [1.29, 1.82) is 0 Å². The SMILES string of the molecule is COCCn1c(N)c(N(Cc2ccccc2)C(=O)Cc2cc(C)on2)c(=O)[nH]c1=O. The van der Waals surface area contributed by atoms with Crippen molar-refractivity contribution in [2.45, 2.75) is 26.4 Å². The van der Waals surface area contributed by atoms with Crippen LogP contribution in [-0.2, 0) is 29.0 Å². The molecule has 0 spiro atoms. The molecule has 0 fully saturated rings. The number of rotatable bonds is 8. The van der Waals surface area contributed by atoms with Gasteiger partial charge in [-0.15, -0.1) is 0 Å². The van der Waals surface area contributed by atoms with Gasteiger partial charge in [0.15, 0.2) is 5.69 Å². The Labute approximate surface area is 171 Å². The molecule has 0 saturated carbocycles. The van der Waals surface area contributed by atoms with Crippen LogP contribution in [-0.4, -0.2) is 34.3 Å². The topological polar surface area (TPSA) is 136 Å². The Hall–Kier alpha value is -3.66. The lowest BCUT2D eigenvalue weighted by molar-refractivity contribution is -0.118. The van der Waals surface area contributed by atoms with Crippen molar-refractivity contribution >= 4 is 17.4 Å². The predicted octanol–water partition coefficient (Wildman–Crippen LogP) is 0.838. The fourth-order valence-corrected chi connectivity index (χ4v) is 3.05. The van der Waals surface area contributed by atoms with Crippen molar-refractivity contribution in [2.75, 3.05) is 24.4 Å². The molecule has 10 nitrogen and oxygen atoms in total. The summed E-state index contributed by atoms with van der Waals surface area (Å²) in [5.41, 5.74) is 5.88. The zero-order valence-corrected chi connectivity index (χ0v) is 16.8. The van der Waals surface area contributed by atoms with E-state index < -0.39 is 17.2 Å². The predicted molar refractivity (Wildman–Crippen MR) is 110 cm³/mol. The Morgan fingerprint density at radius 1 is 1.30 bits per heavy atom. The number of aromatic nitrogens is 3. The third-order valence-corrected chi connectivity index (χ3v) is 4.50. The maximum absolute atomic E-state index is 13.2. The van der Waals surface area contributed by atoms with Gasteiger partial charge in [-0.3, -0.25) is 24.0 Å². The summed E-state index contributed by atoms with van der Waals surface area (Å²) in [6, 6.07) is 10.8. The second kappa shape index (κ2) is 9.23. The highest BCUT2D eigenvalue weighted by molar-refractivity contribution is 5.96. The highest BCUT2D eigenvalue weighted by Crippen LogP contribution is 2.21. The highest BCUT2D eigenvalue weighted by atomic mass is 16.5. The number of nitrogens with zero attached hydrogens (tertiary/aromatic N) is 3. The quantitative estimate of drug-likeness (QED) is 0.558. The number of carbonyl (C=O) groups is 1. The Morgan fingerprint density at radius 2 is 2.03 bits per heavy atom. The van der Waals surface area contributed by atoms with E-state index in [4.69, 9.17) is 15.0 Å².